The Bertz CT molecular complexity index is 295. The van der Waals surface area contributed by atoms with Gasteiger partial charge >= 0.3 is 0 Å². The van der Waals surface area contributed by atoms with E-state index in [4.69, 9.17) is 5.26 Å². The molecule has 0 aliphatic carbocycles. The SMILES string of the molecule is CC(C#N)NC1CCC(=O)N(C)C1=O. The number of amides is 2. The van der Waals surface area contributed by atoms with Crippen LogP contribution in [0, 0.1) is 11.3 Å². The fourth-order valence-electron chi connectivity index (χ4n) is 1.41. The van der Waals surface area contributed by atoms with Gasteiger partial charge in [-0.15, -0.1) is 0 Å². The highest BCUT2D eigenvalue weighted by atomic mass is 16.2. The maximum absolute atomic E-state index is 11.5. The van der Waals surface area contributed by atoms with Gasteiger partial charge in [-0.25, -0.2) is 0 Å². The highest BCUT2D eigenvalue weighted by molar-refractivity contribution is 6.00. The number of carbonyl (C=O) groups is 2. The Hall–Kier alpha value is -1.41. The molecule has 1 aliphatic rings. The lowest BCUT2D eigenvalue weighted by Crippen LogP contribution is -2.53. The number of nitrogens with zero attached hydrogens (tertiary/aromatic N) is 2. The van der Waals surface area contributed by atoms with E-state index in [9.17, 15) is 9.59 Å². The first-order valence-corrected chi connectivity index (χ1v) is 4.52. The van der Waals surface area contributed by atoms with Gasteiger partial charge in [-0.3, -0.25) is 19.8 Å². The summed E-state index contributed by atoms with van der Waals surface area (Å²) in [7, 11) is 1.47. The Labute approximate surface area is 82.7 Å². The van der Waals surface area contributed by atoms with Crippen molar-refractivity contribution in [2.24, 2.45) is 0 Å². The standard InChI is InChI=1S/C9H13N3O2/c1-6(5-10)11-7-3-4-8(13)12(2)9(7)14/h6-7,11H,3-4H2,1-2H3. The molecule has 1 saturated heterocycles. The average Bonchev–Trinajstić information content (AvgIpc) is 2.19. The van der Waals surface area contributed by atoms with Gasteiger partial charge in [0.15, 0.2) is 0 Å². The van der Waals surface area contributed by atoms with E-state index in [1.54, 1.807) is 6.92 Å². The molecule has 0 radical (unpaired) electrons. The summed E-state index contributed by atoms with van der Waals surface area (Å²) < 4.78 is 0. The number of imide groups is 1. The summed E-state index contributed by atoms with van der Waals surface area (Å²) in [4.78, 5) is 23.8. The minimum atomic E-state index is -0.396. The number of likely N-dealkylation sites (N-methyl/N-ethyl adjacent to an activating group) is 1. The molecular formula is C9H13N3O2. The van der Waals surface area contributed by atoms with E-state index in [0.717, 1.165) is 4.90 Å². The number of likely N-dealkylation sites (tertiary alicyclic amines) is 1. The first-order chi connectivity index (χ1) is 6.56. The molecular weight excluding hydrogens is 182 g/mol. The van der Waals surface area contributed by atoms with Crippen LogP contribution in [0.4, 0.5) is 0 Å². The van der Waals surface area contributed by atoms with Crippen molar-refractivity contribution in [1.29, 1.82) is 5.26 Å². The second kappa shape index (κ2) is 4.20. The van der Waals surface area contributed by atoms with Crippen molar-refractivity contribution < 1.29 is 9.59 Å². The van der Waals surface area contributed by atoms with E-state index in [-0.39, 0.29) is 17.9 Å². The van der Waals surface area contributed by atoms with E-state index in [1.807, 2.05) is 6.07 Å². The highest BCUT2D eigenvalue weighted by Gasteiger charge is 2.32. The van der Waals surface area contributed by atoms with Crippen molar-refractivity contribution in [3.8, 4) is 6.07 Å². The Balaban J connectivity index is 2.61. The van der Waals surface area contributed by atoms with Crippen molar-refractivity contribution in [3.05, 3.63) is 0 Å². The van der Waals surface area contributed by atoms with E-state index in [0.29, 0.717) is 12.8 Å². The molecule has 76 valence electrons. The van der Waals surface area contributed by atoms with E-state index >= 15 is 0 Å². The maximum atomic E-state index is 11.5. The molecule has 1 heterocycles. The Morgan fingerprint density at radius 1 is 1.64 bits per heavy atom. The van der Waals surface area contributed by atoms with Crippen molar-refractivity contribution in [1.82, 2.24) is 10.2 Å². The van der Waals surface area contributed by atoms with Gasteiger partial charge in [-0.1, -0.05) is 0 Å². The number of nitrogens with one attached hydrogen (secondary N) is 1. The third kappa shape index (κ3) is 2.09. The van der Waals surface area contributed by atoms with Gasteiger partial charge in [-0.2, -0.15) is 5.26 Å². The van der Waals surface area contributed by atoms with Crippen LogP contribution in [0.2, 0.25) is 0 Å². The molecule has 0 aromatic heterocycles. The van der Waals surface area contributed by atoms with Crippen molar-refractivity contribution in [2.45, 2.75) is 31.8 Å². The lowest BCUT2D eigenvalue weighted by molar-refractivity contribution is -0.148. The van der Waals surface area contributed by atoms with Crippen molar-refractivity contribution in [3.63, 3.8) is 0 Å². The quantitative estimate of drug-likeness (QED) is 0.610. The summed E-state index contributed by atoms with van der Waals surface area (Å²) in [5.74, 6) is -0.402. The topological polar surface area (TPSA) is 73.2 Å². The van der Waals surface area contributed by atoms with Crippen LogP contribution >= 0.6 is 0 Å². The zero-order chi connectivity index (χ0) is 10.7. The molecule has 2 amide bonds. The van der Waals surface area contributed by atoms with Crippen LogP contribution in [0.15, 0.2) is 0 Å². The van der Waals surface area contributed by atoms with Crippen LogP contribution in [0.1, 0.15) is 19.8 Å². The minimum Gasteiger partial charge on any atom is -0.291 e. The minimum absolute atomic E-state index is 0.155. The fraction of sp³-hybridized carbons (Fsp3) is 0.667. The largest absolute Gasteiger partial charge is 0.291 e. The second-order valence-electron chi connectivity index (χ2n) is 3.40. The predicted molar refractivity (Wildman–Crippen MR) is 49.0 cm³/mol. The normalized spacial score (nSPS) is 24.6. The highest BCUT2D eigenvalue weighted by Crippen LogP contribution is 2.11. The van der Waals surface area contributed by atoms with Crippen LogP contribution in [-0.2, 0) is 9.59 Å². The molecule has 2 atom stereocenters. The monoisotopic (exact) mass is 195 g/mol. The lowest BCUT2D eigenvalue weighted by atomic mass is 10.0. The molecule has 1 N–H and O–H groups in total. The van der Waals surface area contributed by atoms with Gasteiger partial charge in [0.1, 0.15) is 0 Å². The first-order valence-electron chi connectivity index (χ1n) is 4.52. The van der Waals surface area contributed by atoms with Gasteiger partial charge in [0.2, 0.25) is 11.8 Å². The van der Waals surface area contributed by atoms with Crippen LogP contribution in [0.25, 0.3) is 0 Å². The van der Waals surface area contributed by atoms with Crippen LogP contribution < -0.4 is 5.32 Å². The Kier molecular flexibility index (Phi) is 3.20. The van der Waals surface area contributed by atoms with Crippen molar-refractivity contribution in [2.75, 3.05) is 7.05 Å². The maximum Gasteiger partial charge on any atom is 0.246 e. The van der Waals surface area contributed by atoms with Gasteiger partial charge in [-0.05, 0) is 13.3 Å². The van der Waals surface area contributed by atoms with E-state index < -0.39 is 6.04 Å². The van der Waals surface area contributed by atoms with Crippen molar-refractivity contribution >= 4 is 11.8 Å². The summed E-state index contributed by atoms with van der Waals surface area (Å²) in [6.07, 6.45) is 0.839. The zero-order valence-corrected chi connectivity index (χ0v) is 8.28. The molecule has 5 nitrogen and oxygen atoms in total. The fourth-order valence-corrected chi connectivity index (χ4v) is 1.41. The van der Waals surface area contributed by atoms with E-state index in [1.165, 1.54) is 7.05 Å². The summed E-state index contributed by atoms with van der Waals surface area (Å²) >= 11 is 0. The number of nitriles is 1. The summed E-state index contributed by atoms with van der Waals surface area (Å²) in [5.41, 5.74) is 0. The zero-order valence-electron chi connectivity index (χ0n) is 8.28. The number of carbonyl (C=O) groups excluding carboxylic acids is 2. The Morgan fingerprint density at radius 2 is 2.29 bits per heavy atom. The number of hydrogen-bond acceptors (Lipinski definition) is 4. The number of hydrogen-bond donors (Lipinski definition) is 1. The smallest absolute Gasteiger partial charge is 0.246 e. The molecule has 14 heavy (non-hydrogen) atoms. The summed E-state index contributed by atoms with van der Waals surface area (Å²) in [6, 6.07) is 1.23. The average molecular weight is 195 g/mol. The summed E-state index contributed by atoms with van der Waals surface area (Å²) in [6.45, 7) is 1.68. The molecule has 1 fully saturated rings. The first kappa shape index (κ1) is 10.7. The second-order valence-corrected chi connectivity index (χ2v) is 3.40. The predicted octanol–water partition coefficient (Wildman–Crippen LogP) is -0.365. The molecule has 1 aliphatic heterocycles. The molecule has 1 rings (SSSR count). The van der Waals surface area contributed by atoms with Crippen LogP contribution in [0.3, 0.4) is 0 Å². The van der Waals surface area contributed by atoms with Crippen LogP contribution in [0.5, 0.6) is 0 Å². The molecule has 0 aromatic rings. The number of rotatable bonds is 2. The molecule has 0 spiro atoms. The lowest BCUT2D eigenvalue weighted by Gasteiger charge is -2.28. The van der Waals surface area contributed by atoms with Gasteiger partial charge < -0.3 is 0 Å². The molecule has 0 bridgehead atoms. The Morgan fingerprint density at radius 3 is 2.86 bits per heavy atom. The third-order valence-electron chi connectivity index (χ3n) is 2.29. The van der Waals surface area contributed by atoms with Crippen LogP contribution in [-0.4, -0.2) is 35.8 Å². The van der Waals surface area contributed by atoms with Gasteiger partial charge in [0, 0.05) is 13.5 Å². The van der Waals surface area contributed by atoms with Gasteiger partial charge in [0.05, 0.1) is 18.2 Å². The summed E-state index contributed by atoms with van der Waals surface area (Å²) in [5, 5.41) is 11.4. The molecule has 5 heteroatoms. The molecule has 0 saturated carbocycles. The van der Waals surface area contributed by atoms with Gasteiger partial charge in [0.25, 0.3) is 0 Å². The molecule has 2 unspecified atom stereocenters. The number of piperidine rings is 1. The molecule has 0 aromatic carbocycles. The third-order valence-corrected chi connectivity index (χ3v) is 2.29. The van der Waals surface area contributed by atoms with E-state index in [2.05, 4.69) is 5.32 Å².